The van der Waals surface area contributed by atoms with Crippen LogP contribution in [0.4, 0.5) is 8.78 Å². The van der Waals surface area contributed by atoms with Gasteiger partial charge in [0.2, 0.25) is 0 Å². The Morgan fingerprint density at radius 1 is 1.29 bits per heavy atom. The molecule has 1 aromatic heterocycles. The summed E-state index contributed by atoms with van der Waals surface area (Å²) in [5, 5.41) is 7.77. The van der Waals surface area contributed by atoms with Crippen LogP contribution in [0.3, 0.4) is 0 Å². The number of nitrogens with zero attached hydrogens (tertiary/aromatic N) is 2. The summed E-state index contributed by atoms with van der Waals surface area (Å²) in [6.07, 6.45) is -0.105. The van der Waals surface area contributed by atoms with Crippen LogP contribution in [0.1, 0.15) is 36.6 Å². The predicted octanol–water partition coefficient (Wildman–Crippen LogP) is 4.02. The van der Waals surface area contributed by atoms with E-state index < -0.39 is 6.43 Å². The highest BCUT2D eigenvalue weighted by Gasteiger charge is 2.20. The van der Waals surface area contributed by atoms with Crippen molar-refractivity contribution in [1.29, 1.82) is 0 Å². The number of nitrogens with one attached hydrogen (secondary N) is 1. The minimum atomic E-state index is -2.56. The Balaban J connectivity index is 2.21. The lowest BCUT2D eigenvalue weighted by atomic mass is 10.2. The lowest BCUT2D eigenvalue weighted by Gasteiger charge is -2.10. The molecule has 0 radical (unpaired) electrons. The van der Waals surface area contributed by atoms with Gasteiger partial charge >= 0.3 is 0 Å². The van der Waals surface area contributed by atoms with Crippen LogP contribution in [0, 0.1) is 0 Å². The molecule has 2 aromatic rings. The molecular weight excluding hydrogens is 296 g/mol. The first kappa shape index (κ1) is 15.9. The van der Waals surface area contributed by atoms with Crippen molar-refractivity contribution < 1.29 is 8.78 Å². The van der Waals surface area contributed by atoms with Crippen molar-refractivity contribution in [3.8, 4) is 0 Å². The van der Waals surface area contributed by atoms with Crippen LogP contribution in [-0.2, 0) is 13.1 Å². The number of benzene rings is 1. The van der Waals surface area contributed by atoms with E-state index in [-0.39, 0.29) is 12.2 Å². The summed E-state index contributed by atoms with van der Waals surface area (Å²) in [5.41, 5.74) is 1.27. The van der Waals surface area contributed by atoms with Crippen LogP contribution in [0.2, 0.25) is 5.02 Å². The highest BCUT2D eigenvalue weighted by molar-refractivity contribution is 6.31. The van der Waals surface area contributed by atoms with E-state index in [1.54, 1.807) is 6.07 Å². The highest BCUT2D eigenvalue weighted by atomic mass is 35.5. The number of hydrogen-bond donors (Lipinski definition) is 1. The smallest absolute Gasteiger partial charge is 0.280 e. The van der Waals surface area contributed by atoms with Crippen molar-refractivity contribution in [3.63, 3.8) is 0 Å². The molecule has 1 heterocycles. The molecule has 6 heteroatoms. The Kier molecular flexibility index (Phi) is 5.70. The van der Waals surface area contributed by atoms with Crippen molar-refractivity contribution in [2.45, 2.75) is 32.9 Å². The molecule has 0 aliphatic heterocycles. The van der Waals surface area contributed by atoms with Crippen molar-refractivity contribution in [3.05, 3.63) is 52.3 Å². The molecule has 0 unspecified atom stereocenters. The Hall–Kier alpha value is -1.46. The first-order chi connectivity index (χ1) is 10.1. The van der Waals surface area contributed by atoms with Gasteiger partial charge in [-0.3, -0.25) is 4.68 Å². The Morgan fingerprint density at radius 3 is 2.71 bits per heavy atom. The number of alkyl halides is 2. The maximum atomic E-state index is 13.3. The summed E-state index contributed by atoms with van der Waals surface area (Å²) in [5.74, 6) is 0. The van der Waals surface area contributed by atoms with Crippen LogP contribution in [0.5, 0.6) is 0 Å². The fourth-order valence-corrected chi connectivity index (χ4v) is 2.33. The molecule has 3 nitrogen and oxygen atoms in total. The highest BCUT2D eigenvalue weighted by Crippen LogP contribution is 2.25. The number of aromatic nitrogens is 2. The van der Waals surface area contributed by atoms with Gasteiger partial charge in [-0.15, -0.1) is 0 Å². The Bertz CT molecular complexity index is 584. The van der Waals surface area contributed by atoms with Crippen molar-refractivity contribution in [2.24, 2.45) is 0 Å². The zero-order valence-corrected chi connectivity index (χ0v) is 12.6. The molecule has 2 rings (SSSR count). The van der Waals surface area contributed by atoms with E-state index in [9.17, 15) is 8.78 Å². The predicted molar refractivity (Wildman–Crippen MR) is 79.7 cm³/mol. The van der Waals surface area contributed by atoms with Gasteiger partial charge in [-0.1, -0.05) is 36.7 Å². The third kappa shape index (κ3) is 4.02. The Morgan fingerprint density at radius 2 is 2.05 bits per heavy atom. The zero-order valence-electron chi connectivity index (χ0n) is 11.8. The van der Waals surface area contributed by atoms with Gasteiger partial charge in [-0.25, -0.2) is 8.78 Å². The van der Waals surface area contributed by atoms with Gasteiger partial charge in [-0.05, 0) is 24.6 Å². The van der Waals surface area contributed by atoms with Gasteiger partial charge in [-0.2, -0.15) is 5.10 Å². The summed E-state index contributed by atoms with van der Waals surface area (Å²) in [7, 11) is 0. The van der Waals surface area contributed by atoms with Crippen LogP contribution >= 0.6 is 11.6 Å². The van der Waals surface area contributed by atoms with Crippen molar-refractivity contribution >= 4 is 11.6 Å². The number of hydrogen-bond acceptors (Lipinski definition) is 2. The monoisotopic (exact) mass is 313 g/mol. The second-order valence-corrected chi connectivity index (χ2v) is 5.19. The van der Waals surface area contributed by atoms with Gasteiger partial charge in [0, 0.05) is 17.1 Å². The van der Waals surface area contributed by atoms with Crippen LogP contribution in [0.15, 0.2) is 30.5 Å². The lowest BCUT2D eigenvalue weighted by molar-refractivity contribution is 0.138. The molecule has 0 saturated carbocycles. The van der Waals surface area contributed by atoms with E-state index in [0.29, 0.717) is 17.1 Å². The molecule has 1 aromatic carbocycles. The second kappa shape index (κ2) is 7.52. The summed E-state index contributed by atoms with van der Waals surface area (Å²) >= 11 is 6.07. The number of halogens is 3. The van der Waals surface area contributed by atoms with E-state index in [1.807, 2.05) is 25.1 Å². The molecule has 0 aliphatic rings. The van der Waals surface area contributed by atoms with Crippen molar-refractivity contribution in [1.82, 2.24) is 15.1 Å². The average molecular weight is 314 g/mol. The molecule has 21 heavy (non-hydrogen) atoms. The summed E-state index contributed by atoms with van der Waals surface area (Å²) in [4.78, 5) is 0. The molecule has 0 spiro atoms. The number of rotatable bonds is 7. The van der Waals surface area contributed by atoms with E-state index in [0.717, 1.165) is 18.5 Å². The first-order valence-corrected chi connectivity index (χ1v) is 7.28. The molecular formula is C15H18ClF2N3. The third-order valence-electron chi connectivity index (χ3n) is 3.19. The van der Waals surface area contributed by atoms with E-state index in [4.69, 9.17) is 11.6 Å². The maximum absolute atomic E-state index is 13.3. The van der Waals surface area contributed by atoms with E-state index in [2.05, 4.69) is 10.4 Å². The van der Waals surface area contributed by atoms with E-state index >= 15 is 0 Å². The third-order valence-corrected chi connectivity index (χ3v) is 3.56. The van der Waals surface area contributed by atoms with E-state index in [1.165, 1.54) is 10.9 Å². The van der Waals surface area contributed by atoms with Gasteiger partial charge in [0.1, 0.15) is 5.69 Å². The second-order valence-electron chi connectivity index (χ2n) is 4.78. The van der Waals surface area contributed by atoms with Gasteiger partial charge in [0.15, 0.2) is 0 Å². The first-order valence-electron chi connectivity index (χ1n) is 6.90. The maximum Gasteiger partial charge on any atom is 0.280 e. The van der Waals surface area contributed by atoms with Crippen LogP contribution in [0.25, 0.3) is 0 Å². The topological polar surface area (TPSA) is 29.9 Å². The molecule has 0 bridgehead atoms. The van der Waals surface area contributed by atoms with Crippen LogP contribution in [-0.4, -0.2) is 16.3 Å². The fraction of sp³-hybridized carbons (Fsp3) is 0.400. The normalized spacial score (nSPS) is 11.3. The summed E-state index contributed by atoms with van der Waals surface area (Å²) in [6, 6.07) is 7.19. The average Bonchev–Trinajstić information content (AvgIpc) is 2.85. The molecule has 1 N–H and O–H groups in total. The largest absolute Gasteiger partial charge is 0.313 e. The van der Waals surface area contributed by atoms with Gasteiger partial charge < -0.3 is 5.32 Å². The molecule has 0 amide bonds. The zero-order chi connectivity index (χ0) is 15.2. The fourth-order valence-electron chi connectivity index (χ4n) is 2.14. The van der Waals surface area contributed by atoms with Crippen LogP contribution < -0.4 is 5.32 Å². The molecule has 0 saturated heterocycles. The van der Waals surface area contributed by atoms with Crippen molar-refractivity contribution in [2.75, 3.05) is 6.54 Å². The molecule has 0 fully saturated rings. The minimum Gasteiger partial charge on any atom is -0.313 e. The standard InChI is InChI=1S/C15H18ClF2N3/c1-2-7-19-8-12-9-20-21(14(12)15(17)18)10-11-5-3-4-6-13(11)16/h3-6,9,15,19H,2,7-8,10H2,1H3. The quantitative estimate of drug-likeness (QED) is 0.782. The minimum absolute atomic E-state index is 0.0430. The molecule has 0 aliphatic carbocycles. The molecule has 114 valence electrons. The SMILES string of the molecule is CCCNCc1cnn(Cc2ccccc2Cl)c1C(F)F. The molecule has 0 atom stereocenters. The lowest BCUT2D eigenvalue weighted by Crippen LogP contribution is -2.16. The Labute approximate surface area is 127 Å². The summed E-state index contributed by atoms with van der Waals surface area (Å²) < 4.78 is 28.0. The van der Waals surface area contributed by atoms with Gasteiger partial charge in [0.05, 0.1) is 12.7 Å². The summed E-state index contributed by atoms with van der Waals surface area (Å²) in [6.45, 7) is 3.46. The van der Waals surface area contributed by atoms with Gasteiger partial charge in [0.25, 0.3) is 6.43 Å².